The van der Waals surface area contributed by atoms with Gasteiger partial charge in [0.2, 0.25) is 5.91 Å². The summed E-state index contributed by atoms with van der Waals surface area (Å²) >= 11 is 0. The lowest BCUT2D eigenvalue weighted by Gasteiger charge is -2.19. The van der Waals surface area contributed by atoms with Gasteiger partial charge in [-0.1, -0.05) is 44.2 Å². The number of benzene rings is 2. The Morgan fingerprint density at radius 3 is 2.27 bits per heavy atom. The Morgan fingerprint density at radius 1 is 0.967 bits per heavy atom. The fourth-order valence-corrected chi connectivity index (χ4v) is 3.46. The number of likely N-dealkylation sites (N-methyl/N-ethyl adjacent to an activating group) is 1. The van der Waals surface area contributed by atoms with Gasteiger partial charge in [0.25, 0.3) is 17.7 Å². The first-order valence-corrected chi connectivity index (χ1v) is 9.88. The Morgan fingerprint density at radius 2 is 1.63 bits per heavy atom. The minimum Gasteiger partial charge on any atom is -0.357 e. The fraction of sp³-hybridized carbons (Fsp3) is 0.304. The second kappa shape index (κ2) is 8.90. The van der Waals surface area contributed by atoms with Crippen LogP contribution in [0.15, 0.2) is 48.5 Å². The van der Waals surface area contributed by atoms with Gasteiger partial charge in [0.05, 0.1) is 17.7 Å². The summed E-state index contributed by atoms with van der Waals surface area (Å²) in [4.78, 5) is 51.5. The second-order valence-corrected chi connectivity index (χ2v) is 7.71. The van der Waals surface area contributed by atoms with Gasteiger partial charge < -0.3 is 10.6 Å². The fourth-order valence-electron chi connectivity index (χ4n) is 3.46. The van der Waals surface area contributed by atoms with E-state index in [0.717, 1.165) is 5.56 Å². The number of nitrogens with one attached hydrogen (secondary N) is 2. The maximum Gasteiger partial charge on any atom is 0.261 e. The smallest absolute Gasteiger partial charge is 0.261 e. The van der Waals surface area contributed by atoms with Gasteiger partial charge in [0.1, 0.15) is 6.04 Å². The van der Waals surface area contributed by atoms with Crippen LogP contribution in [0.3, 0.4) is 0 Å². The van der Waals surface area contributed by atoms with Crippen LogP contribution < -0.4 is 10.6 Å². The van der Waals surface area contributed by atoms with Crippen molar-refractivity contribution < 1.29 is 19.2 Å². The lowest BCUT2D eigenvalue weighted by molar-refractivity contribution is -0.122. The Bertz CT molecular complexity index is 985. The topological polar surface area (TPSA) is 95.6 Å². The third-order valence-electron chi connectivity index (χ3n) is 4.99. The molecule has 1 aliphatic rings. The number of fused-ring (bicyclic) bond motifs is 1. The molecule has 2 aromatic rings. The molecule has 0 saturated carbocycles. The molecule has 1 heterocycles. The minimum absolute atomic E-state index is 0.169. The standard InChI is InChI=1S/C23H25N3O4/c1-14(2)11-19(21(28)24-3)25-20(27)16-9-10-17-18(12-16)23(30)26(22(17)29)13-15-7-5-4-6-8-15/h4-10,12,14,19H,11,13H2,1-3H3,(H,24,28)(H,25,27). The minimum atomic E-state index is -0.678. The molecule has 0 bridgehead atoms. The van der Waals surface area contributed by atoms with Crippen molar-refractivity contribution in [3.63, 3.8) is 0 Å². The van der Waals surface area contributed by atoms with Crippen molar-refractivity contribution in [2.75, 3.05) is 7.05 Å². The van der Waals surface area contributed by atoms with Crippen LogP contribution in [0, 0.1) is 5.92 Å². The van der Waals surface area contributed by atoms with Gasteiger partial charge >= 0.3 is 0 Å². The molecule has 0 saturated heterocycles. The lowest BCUT2D eigenvalue weighted by Crippen LogP contribution is -2.46. The van der Waals surface area contributed by atoms with Crippen LogP contribution in [0.5, 0.6) is 0 Å². The normalized spacial score (nSPS) is 13.9. The molecular formula is C23H25N3O4. The summed E-state index contributed by atoms with van der Waals surface area (Å²) < 4.78 is 0. The first kappa shape index (κ1) is 21.2. The van der Waals surface area contributed by atoms with Gasteiger partial charge in [-0.15, -0.1) is 0 Å². The van der Waals surface area contributed by atoms with E-state index in [1.165, 1.54) is 30.1 Å². The van der Waals surface area contributed by atoms with Crippen LogP contribution >= 0.6 is 0 Å². The van der Waals surface area contributed by atoms with Crippen molar-refractivity contribution in [3.05, 3.63) is 70.8 Å². The monoisotopic (exact) mass is 407 g/mol. The van der Waals surface area contributed by atoms with Gasteiger partial charge in [-0.2, -0.15) is 0 Å². The van der Waals surface area contributed by atoms with E-state index < -0.39 is 17.9 Å². The third kappa shape index (κ3) is 4.40. The summed E-state index contributed by atoms with van der Waals surface area (Å²) in [5, 5.41) is 5.27. The van der Waals surface area contributed by atoms with E-state index in [0.29, 0.717) is 6.42 Å². The molecule has 0 spiro atoms. The highest BCUT2D eigenvalue weighted by atomic mass is 16.2. The van der Waals surface area contributed by atoms with Crippen molar-refractivity contribution in [2.24, 2.45) is 5.92 Å². The van der Waals surface area contributed by atoms with Crippen LogP contribution in [0.25, 0.3) is 0 Å². The molecule has 0 radical (unpaired) electrons. The van der Waals surface area contributed by atoms with Gasteiger partial charge in [-0.25, -0.2) is 0 Å². The predicted octanol–water partition coefficient (Wildman–Crippen LogP) is 2.37. The van der Waals surface area contributed by atoms with Crippen LogP contribution in [0.2, 0.25) is 0 Å². The molecule has 0 fully saturated rings. The maximum absolute atomic E-state index is 12.8. The molecule has 0 aliphatic carbocycles. The average molecular weight is 407 g/mol. The van der Waals surface area contributed by atoms with E-state index in [9.17, 15) is 19.2 Å². The summed E-state index contributed by atoms with van der Waals surface area (Å²) in [6, 6.07) is 13.0. The molecule has 2 N–H and O–H groups in total. The molecule has 4 amide bonds. The van der Waals surface area contributed by atoms with Crippen molar-refractivity contribution in [1.29, 1.82) is 0 Å². The second-order valence-electron chi connectivity index (χ2n) is 7.71. The predicted molar refractivity (Wildman–Crippen MR) is 112 cm³/mol. The summed E-state index contributed by atoms with van der Waals surface area (Å²) in [7, 11) is 1.52. The lowest BCUT2D eigenvalue weighted by atomic mass is 10.0. The van der Waals surface area contributed by atoms with Crippen molar-refractivity contribution in [3.8, 4) is 0 Å². The van der Waals surface area contributed by atoms with Crippen LogP contribution in [0.4, 0.5) is 0 Å². The highest BCUT2D eigenvalue weighted by Crippen LogP contribution is 2.25. The van der Waals surface area contributed by atoms with Gasteiger partial charge in [-0.05, 0) is 36.1 Å². The number of hydrogen-bond acceptors (Lipinski definition) is 4. The summed E-state index contributed by atoms with van der Waals surface area (Å²) in [6.07, 6.45) is 0.485. The largest absolute Gasteiger partial charge is 0.357 e. The quantitative estimate of drug-likeness (QED) is 0.689. The zero-order chi connectivity index (χ0) is 21.8. The molecule has 30 heavy (non-hydrogen) atoms. The van der Waals surface area contributed by atoms with Crippen molar-refractivity contribution in [1.82, 2.24) is 15.5 Å². The van der Waals surface area contributed by atoms with E-state index in [4.69, 9.17) is 0 Å². The van der Waals surface area contributed by atoms with Crippen molar-refractivity contribution in [2.45, 2.75) is 32.9 Å². The van der Waals surface area contributed by atoms with Crippen LogP contribution in [-0.2, 0) is 11.3 Å². The molecule has 1 unspecified atom stereocenters. The number of hydrogen-bond donors (Lipinski definition) is 2. The number of nitrogens with zero attached hydrogens (tertiary/aromatic N) is 1. The Labute approximate surface area is 175 Å². The van der Waals surface area contributed by atoms with E-state index in [1.54, 1.807) is 0 Å². The van der Waals surface area contributed by atoms with E-state index in [2.05, 4.69) is 10.6 Å². The van der Waals surface area contributed by atoms with Gasteiger partial charge in [0.15, 0.2) is 0 Å². The number of carbonyl (C=O) groups excluding carboxylic acids is 4. The van der Waals surface area contributed by atoms with E-state index >= 15 is 0 Å². The molecule has 156 valence electrons. The average Bonchev–Trinajstić information content (AvgIpc) is 2.97. The SMILES string of the molecule is CNC(=O)C(CC(C)C)NC(=O)c1ccc2c(c1)C(=O)N(Cc1ccccc1)C2=O. The molecule has 7 heteroatoms. The molecule has 7 nitrogen and oxygen atoms in total. The van der Waals surface area contributed by atoms with Crippen LogP contribution in [-0.4, -0.2) is 41.6 Å². The number of imide groups is 1. The highest BCUT2D eigenvalue weighted by Gasteiger charge is 2.36. The van der Waals surface area contributed by atoms with E-state index in [-0.39, 0.29) is 41.0 Å². The van der Waals surface area contributed by atoms with Crippen molar-refractivity contribution >= 4 is 23.6 Å². The highest BCUT2D eigenvalue weighted by molar-refractivity contribution is 6.22. The number of amides is 4. The molecular weight excluding hydrogens is 382 g/mol. The molecule has 0 aromatic heterocycles. The van der Waals surface area contributed by atoms with Gasteiger partial charge in [-0.3, -0.25) is 24.1 Å². The Balaban J connectivity index is 1.80. The summed E-state index contributed by atoms with van der Waals surface area (Å²) in [5.41, 5.74) is 1.54. The third-order valence-corrected chi connectivity index (χ3v) is 4.99. The zero-order valence-electron chi connectivity index (χ0n) is 17.3. The first-order chi connectivity index (χ1) is 14.3. The molecule has 1 aliphatic heterocycles. The zero-order valence-corrected chi connectivity index (χ0v) is 17.3. The molecule has 1 atom stereocenters. The van der Waals surface area contributed by atoms with E-state index in [1.807, 2.05) is 44.2 Å². The number of rotatable bonds is 7. The molecule has 3 rings (SSSR count). The molecule has 2 aromatic carbocycles. The summed E-state index contributed by atoms with van der Waals surface area (Å²) in [5.74, 6) is -1.35. The number of carbonyl (C=O) groups is 4. The maximum atomic E-state index is 12.8. The van der Waals surface area contributed by atoms with Crippen LogP contribution in [0.1, 0.15) is 56.9 Å². The Hall–Kier alpha value is -3.48. The van der Waals surface area contributed by atoms with Gasteiger partial charge in [0, 0.05) is 12.6 Å². The summed E-state index contributed by atoms with van der Waals surface area (Å²) in [6.45, 7) is 4.09. The Kier molecular flexibility index (Phi) is 6.30. The first-order valence-electron chi connectivity index (χ1n) is 9.88.